The second-order valence-corrected chi connectivity index (χ2v) is 6.41. The fourth-order valence-electron chi connectivity index (χ4n) is 3.04. The molecule has 0 spiro atoms. The van der Waals surface area contributed by atoms with E-state index < -0.39 is 0 Å². The number of methoxy groups -OCH3 is 1. The van der Waals surface area contributed by atoms with Crippen LogP contribution in [0.25, 0.3) is 0 Å². The first kappa shape index (κ1) is 15.8. The third kappa shape index (κ3) is 3.32. The van der Waals surface area contributed by atoms with Crippen molar-refractivity contribution >= 4 is 28.7 Å². The number of anilines is 2. The van der Waals surface area contributed by atoms with Crippen molar-refractivity contribution in [3.8, 4) is 5.75 Å². The van der Waals surface area contributed by atoms with Gasteiger partial charge in [-0.15, -0.1) is 0 Å². The van der Waals surface area contributed by atoms with E-state index in [0.717, 1.165) is 35.9 Å². The molecule has 0 unspecified atom stereocenters. The molecule has 23 heavy (non-hydrogen) atoms. The zero-order chi connectivity index (χ0) is 16.4. The van der Waals surface area contributed by atoms with Crippen LogP contribution in [-0.4, -0.2) is 18.8 Å². The number of thiocarbonyl (C=S) groups is 1. The van der Waals surface area contributed by atoms with E-state index in [0.29, 0.717) is 0 Å². The number of nitrogens with one attached hydrogen (secondary N) is 1. The normalized spacial score (nSPS) is 13.4. The lowest BCUT2D eigenvalue weighted by Gasteiger charge is -2.32. The average molecular weight is 326 g/mol. The molecule has 0 bridgehead atoms. The van der Waals surface area contributed by atoms with Crippen LogP contribution in [0.15, 0.2) is 36.4 Å². The van der Waals surface area contributed by atoms with Gasteiger partial charge in [0.2, 0.25) is 0 Å². The van der Waals surface area contributed by atoms with Crippen LogP contribution in [0.3, 0.4) is 0 Å². The van der Waals surface area contributed by atoms with E-state index in [-0.39, 0.29) is 0 Å². The summed E-state index contributed by atoms with van der Waals surface area (Å²) in [5.74, 6) is 0.805. The van der Waals surface area contributed by atoms with E-state index in [4.69, 9.17) is 17.0 Å². The van der Waals surface area contributed by atoms with Gasteiger partial charge in [-0.3, -0.25) is 0 Å². The van der Waals surface area contributed by atoms with Crippen LogP contribution in [-0.2, 0) is 6.42 Å². The number of hydrogen-bond donors (Lipinski definition) is 1. The van der Waals surface area contributed by atoms with Crippen molar-refractivity contribution in [1.82, 2.24) is 0 Å². The molecular weight excluding hydrogens is 304 g/mol. The molecule has 0 aliphatic carbocycles. The first-order chi connectivity index (χ1) is 11.1. The van der Waals surface area contributed by atoms with Crippen molar-refractivity contribution in [1.29, 1.82) is 0 Å². The van der Waals surface area contributed by atoms with Gasteiger partial charge in [-0.2, -0.15) is 0 Å². The molecule has 0 atom stereocenters. The summed E-state index contributed by atoms with van der Waals surface area (Å²) in [5, 5.41) is 4.08. The van der Waals surface area contributed by atoms with Gasteiger partial charge in [0.25, 0.3) is 0 Å². The number of benzene rings is 2. The van der Waals surface area contributed by atoms with E-state index in [9.17, 15) is 0 Å². The first-order valence-electron chi connectivity index (χ1n) is 7.91. The maximum absolute atomic E-state index is 5.68. The summed E-state index contributed by atoms with van der Waals surface area (Å²) in [5.41, 5.74) is 5.97. The minimum atomic E-state index is 0.721. The molecule has 0 amide bonds. The Balaban J connectivity index is 1.87. The molecule has 1 heterocycles. The van der Waals surface area contributed by atoms with Gasteiger partial charge >= 0.3 is 0 Å². The molecule has 2 aromatic rings. The van der Waals surface area contributed by atoms with Gasteiger partial charge in [-0.05, 0) is 68.2 Å². The summed E-state index contributed by atoms with van der Waals surface area (Å²) >= 11 is 5.68. The highest BCUT2D eigenvalue weighted by Gasteiger charge is 2.20. The van der Waals surface area contributed by atoms with Crippen LogP contribution in [0.4, 0.5) is 11.4 Å². The highest BCUT2D eigenvalue weighted by Crippen LogP contribution is 2.30. The fraction of sp³-hybridized carbons (Fsp3) is 0.316. The van der Waals surface area contributed by atoms with Crippen molar-refractivity contribution in [2.45, 2.75) is 26.7 Å². The van der Waals surface area contributed by atoms with Crippen molar-refractivity contribution in [2.75, 3.05) is 23.9 Å². The van der Waals surface area contributed by atoms with Crippen LogP contribution in [0.5, 0.6) is 5.75 Å². The molecular formula is C19H22N2OS. The lowest BCUT2D eigenvalue weighted by molar-refractivity contribution is 0.417. The molecule has 0 saturated heterocycles. The van der Waals surface area contributed by atoms with Crippen molar-refractivity contribution in [3.63, 3.8) is 0 Å². The van der Waals surface area contributed by atoms with Crippen molar-refractivity contribution in [3.05, 3.63) is 53.1 Å². The Hall–Kier alpha value is -2.07. The molecule has 4 heteroatoms. The third-order valence-corrected chi connectivity index (χ3v) is 4.52. The highest BCUT2D eigenvalue weighted by molar-refractivity contribution is 7.80. The van der Waals surface area contributed by atoms with Crippen molar-refractivity contribution < 1.29 is 4.74 Å². The van der Waals surface area contributed by atoms with E-state index >= 15 is 0 Å². The summed E-state index contributed by atoms with van der Waals surface area (Å²) in [6.45, 7) is 5.13. The molecule has 3 nitrogen and oxygen atoms in total. The van der Waals surface area contributed by atoms with E-state index in [2.05, 4.69) is 48.3 Å². The maximum Gasteiger partial charge on any atom is 0.178 e. The largest absolute Gasteiger partial charge is 0.495 e. The molecule has 1 N–H and O–H groups in total. The van der Waals surface area contributed by atoms with E-state index in [1.54, 1.807) is 7.11 Å². The van der Waals surface area contributed by atoms with Gasteiger partial charge in [0, 0.05) is 12.2 Å². The van der Waals surface area contributed by atoms with Crippen LogP contribution < -0.4 is 15.0 Å². The first-order valence-corrected chi connectivity index (χ1v) is 8.32. The Bertz CT molecular complexity index is 742. The molecule has 1 aliphatic rings. The second kappa shape index (κ2) is 6.59. The summed E-state index contributed by atoms with van der Waals surface area (Å²) < 4.78 is 5.43. The molecule has 0 saturated carbocycles. The Morgan fingerprint density at radius 2 is 1.87 bits per heavy atom. The maximum atomic E-state index is 5.68. The smallest absolute Gasteiger partial charge is 0.178 e. The van der Waals surface area contributed by atoms with Crippen LogP contribution in [0, 0.1) is 13.8 Å². The number of aryl methyl sites for hydroxylation is 3. The number of ether oxygens (including phenoxy) is 1. The molecule has 0 radical (unpaired) electrons. The van der Waals surface area contributed by atoms with Crippen LogP contribution in [0.2, 0.25) is 0 Å². The minimum Gasteiger partial charge on any atom is -0.495 e. The zero-order valence-electron chi connectivity index (χ0n) is 13.8. The number of fused-ring (bicyclic) bond motifs is 1. The van der Waals surface area contributed by atoms with Gasteiger partial charge < -0.3 is 15.0 Å². The lowest BCUT2D eigenvalue weighted by Crippen LogP contribution is -2.38. The number of nitrogens with zero attached hydrogens (tertiary/aromatic N) is 1. The zero-order valence-corrected chi connectivity index (χ0v) is 14.7. The Kier molecular flexibility index (Phi) is 4.53. The summed E-state index contributed by atoms with van der Waals surface area (Å²) in [6, 6.07) is 12.6. The number of rotatable bonds is 2. The molecule has 0 fully saturated rings. The van der Waals surface area contributed by atoms with Crippen molar-refractivity contribution in [2.24, 2.45) is 0 Å². The topological polar surface area (TPSA) is 24.5 Å². The minimum absolute atomic E-state index is 0.721. The van der Waals surface area contributed by atoms with Gasteiger partial charge in [0.15, 0.2) is 5.11 Å². The molecule has 3 rings (SSSR count). The SMILES string of the molecule is COc1ccc(C)cc1NC(=S)N1CCCc2cc(C)ccc21. The van der Waals surface area contributed by atoms with Crippen LogP contribution >= 0.6 is 12.2 Å². The molecule has 120 valence electrons. The third-order valence-electron chi connectivity index (χ3n) is 4.20. The van der Waals surface area contributed by atoms with Gasteiger partial charge in [-0.1, -0.05) is 23.8 Å². The monoisotopic (exact) mass is 326 g/mol. The van der Waals surface area contributed by atoms with E-state index in [1.165, 1.54) is 22.4 Å². The van der Waals surface area contributed by atoms with E-state index in [1.807, 2.05) is 12.1 Å². The van der Waals surface area contributed by atoms with Gasteiger partial charge in [0.05, 0.1) is 12.8 Å². The quantitative estimate of drug-likeness (QED) is 0.824. The molecule has 2 aromatic carbocycles. The fourth-order valence-corrected chi connectivity index (χ4v) is 3.34. The Morgan fingerprint density at radius 1 is 1.13 bits per heavy atom. The van der Waals surface area contributed by atoms with Gasteiger partial charge in [0.1, 0.15) is 5.75 Å². The summed E-state index contributed by atoms with van der Waals surface area (Å²) in [7, 11) is 1.68. The Labute approximate surface area is 143 Å². The molecule has 0 aromatic heterocycles. The standard InChI is InChI=1S/C19H22N2OS/c1-13-6-8-17-15(11-13)5-4-10-21(17)19(23)20-16-12-14(2)7-9-18(16)22-3/h6-9,11-12H,4-5,10H2,1-3H3,(H,20,23). The highest BCUT2D eigenvalue weighted by atomic mass is 32.1. The molecule has 1 aliphatic heterocycles. The predicted molar refractivity (Wildman–Crippen MR) is 101 cm³/mol. The Morgan fingerprint density at radius 3 is 2.65 bits per heavy atom. The summed E-state index contributed by atoms with van der Waals surface area (Å²) in [4.78, 5) is 2.19. The second-order valence-electron chi connectivity index (χ2n) is 6.02. The average Bonchev–Trinajstić information content (AvgIpc) is 2.54. The van der Waals surface area contributed by atoms with Gasteiger partial charge in [-0.25, -0.2) is 0 Å². The lowest BCUT2D eigenvalue weighted by atomic mass is 10.00. The predicted octanol–water partition coefficient (Wildman–Crippen LogP) is 4.46. The number of hydrogen-bond acceptors (Lipinski definition) is 2. The summed E-state index contributed by atoms with van der Waals surface area (Å²) in [6.07, 6.45) is 2.23. The van der Waals surface area contributed by atoms with Crippen LogP contribution in [0.1, 0.15) is 23.1 Å².